The minimum absolute atomic E-state index is 0.342. The maximum absolute atomic E-state index is 11.8. The molecule has 3 rings (SSSR count). The molecule has 0 bridgehead atoms. The molecule has 1 amide bonds. The van der Waals surface area contributed by atoms with Crippen molar-refractivity contribution in [1.29, 1.82) is 0 Å². The second-order valence-corrected chi connectivity index (χ2v) is 5.30. The highest BCUT2D eigenvalue weighted by Crippen LogP contribution is 2.28. The largest absolute Gasteiger partial charge is 0.338 e. The van der Waals surface area contributed by atoms with E-state index in [1.165, 1.54) is 18.4 Å². The van der Waals surface area contributed by atoms with Crippen LogP contribution >= 0.6 is 0 Å². The molecule has 96 valence electrons. The van der Waals surface area contributed by atoms with Crippen LogP contribution in [0.15, 0.2) is 30.3 Å². The van der Waals surface area contributed by atoms with E-state index in [1.807, 2.05) is 6.07 Å². The zero-order valence-corrected chi connectivity index (χ0v) is 10.6. The molecule has 2 aliphatic rings. The van der Waals surface area contributed by atoms with Crippen LogP contribution in [0.25, 0.3) is 0 Å². The number of carbonyl (C=O) groups excluding carboxylic acids is 1. The van der Waals surface area contributed by atoms with Gasteiger partial charge < -0.3 is 10.2 Å². The van der Waals surface area contributed by atoms with E-state index >= 15 is 0 Å². The van der Waals surface area contributed by atoms with Gasteiger partial charge in [-0.05, 0) is 31.4 Å². The van der Waals surface area contributed by atoms with E-state index in [2.05, 4.69) is 34.5 Å². The number of nitrogens with zero attached hydrogens (tertiary/aromatic N) is 1. The lowest BCUT2D eigenvalue weighted by atomic mass is 10.1. The van der Waals surface area contributed by atoms with Gasteiger partial charge in [0.25, 0.3) is 0 Å². The number of amides is 1. The maximum atomic E-state index is 11.8. The Balaban J connectivity index is 1.50. The zero-order valence-electron chi connectivity index (χ0n) is 10.6. The summed E-state index contributed by atoms with van der Waals surface area (Å²) in [7, 11) is 0. The van der Waals surface area contributed by atoms with Crippen molar-refractivity contribution in [2.75, 3.05) is 13.1 Å². The summed E-state index contributed by atoms with van der Waals surface area (Å²) in [5, 5.41) is 3.57. The quantitative estimate of drug-likeness (QED) is 0.872. The third-order valence-corrected chi connectivity index (χ3v) is 4.14. The van der Waals surface area contributed by atoms with Crippen LogP contribution in [-0.4, -0.2) is 36.0 Å². The predicted octanol–water partition coefficient (Wildman–Crippen LogP) is 1.58. The lowest BCUT2D eigenvalue weighted by Gasteiger charge is -2.21. The summed E-state index contributed by atoms with van der Waals surface area (Å²) in [6.07, 6.45) is 4.08. The summed E-state index contributed by atoms with van der Waals surface area (Å²) in [4.78, 5) is 13.9. The standard InChI is InChI=1S/C15H20N2O/c18-15-11-13(14-7-4-10-17(14)15)16-9-8-12-5-2-1-3-6-12/h1-3,5-6,13-14,16H,4,7-11H2. The average molecular weight is 244 g/mol. The minimum Gasteiger partial charge on any atom is -0.338 e. The molecule has 0 saturated carbocycles. The van der Waals surface area contributed by atoms with Crippen LogP contribution in [0.1, 0.15) is 24.8 Å². The van der Waals surface area contributed by atoms with E-state index in [0.717, 1.165) is 19.5 Å². The van der Waals surface area contributed by atoms with Gasteiger partial charge in [-0.2, -0.15) is 0 Å². The van der Waals surface area contributed by atoms with Gasteiger partial charge in [0.1, 0.15) is 0 Å². The molecule has 3 heteroatoms. The fourth-order valence-electron chi connectivity index (χ4n) is 3.22. The van der Waals surface area contributed by atoms with Crippen molar-refractivity contribution in [1.82, 2.24) is 10.2 Å². The van der Waals surface area contributed by atoms with E-state index in [1.54, 1.807) is 0 Å². The Kier molecular flexibility index (Phi) is 3.33. The Labute approximate surface area is 108 Å². The van der Waals surface area contributed by atoms with Gasteiger partial charge in [0.05, 0.1) is 0 Å². The highest BCUT2D eigenvalue weighted by atomic mass is 16.2. The fraction of sp³-hybridized carbons (Fsp3) is 0.533. The highest BCUT2D eigenvalue weighted by molar-refractivity contribution is 5.80. The Morgan fingerprint density at radius 2 is 2.11 bits per heavy atom. The highest BCUT2D eigenvalue weighted by Gasteiger charge is 2.41. The van der Waals surface area contributed by atoms with Gasteiger partial charge in [0, 0.05) is 25.0 Å². The molecule has 0 aliphatic carbocycles. The third-order valence-electron chi connectivity index (χ3n) is 4.14. The number of rotatable bonds is 4. The smallest absolute Gasteiger partial charge is 0.224 e. The first-order valence-electron chi connectivity index (χ1n) is 6.91. The van der Waals surface area contributed by atoms with E-state index in [9.17, 15) is 4.79 Å². The molecular formula is C15H20N2O. The first kappa shape index (κ1) is 11.7. The normalized spacial score (nSPS) is 26.7. The SMILES string of the molecule is O=C1CC(NCCc2ccccc2)C2CCCN12. The van der Waals surface area contributed by atoms with Crippen LogP contribution in [0.4, 0.5) is 0 Å². The molecule has 2 aliphatic heterocycles. The van der Waals surface area contributed by atoms with Crippen molar-refractivity contribution in [2.45, 2.75) is 37.8 Å². The summed E-state index contributed by atoms with van der Waals surface area (Å²) in [6, 6.07) is 11.4. The second-order valence-electron chi connectivity index (χ2n) is 5.30. The van der Waals surface area contributed by atoms with Crippen molar-refractivity contribution in [3.8, 4) is 0 Å². The van der Waals surface area contributed by atoms with Crippen molar-refractivity contribution in [3.05, 3.63) is 35.9 Å². The van der Waals surface area contributed by atoms with E-state index < -0.39 is 0 Å². The second kappa shape index (κ2) is 5.11. The Bertz CT molecular complexity index is 418. The fourth-order valence-corrected chi connectivity index (χ4v) is 3.22. The summed E-state index contributed by atoms with van der Waals surface area (Å²) in [6.45, 7) is 1.94. The monoisotopic (exact) mass is 244 g/mol. The molecule has 2 fully saturated rings. The minimum atomic E-state index is 0.342. The summed E-state index contributed by atoms with van der Waals surface area (Å²) >= 11 is 0. The van der Waals surface area contributed by atoms with Crippen molar-refractivity contribution >= 4 is 5.91 Å². The molecule has 0 aromatic heterocycles. The van der Waals surface area contributed by atoms with Gasteiger partial charge in [0.15, 0.2) is 0 Å². The van der Waals surface area contributed by atoms with Crippen molar-refractivity contribution < 1.29 is 4.79 Å². The molecular weight excluding hydrogens is 224 g/mol. The Morgan fingerprint density at radius 3 is 2.94 bits per heavy atom. The summed E-state index contributed by atoms with van der Waals surface area (Å²) in [5.41, 5.74) is 1.36. The van der Waals surface area contributed by atoms with Crippen LogP contribution < -0.4 is 5.32 Å². The molecule has 2 unspecified atom stereocenters. The molecule has 1 N–H and O–H groups in total. The molecule has 2 heterocycles. The third kappa shape index (κ3) is 2.27. The van der Waals surface area contributed by atoms with Gasteiger partial charge in [-0.15, -0.1) is 0 Å². The number of hydrogen-bond donors (Lipinski definition) is 1. The lowest BCUT2D eigenvalue weighted by Crippen LogP contribution is -2.40. The number of nitrogens with one attached hydrogen (secondary N) is 1. The Morgan fingerprint density at radius 1 is 1.28 bits per heavy atom. The topological polar surface area (TPSA) is 32.3 Å². The number of benzene rings is 1. The molecule has 1 aromatic carbocycles. The van der Waals surface area contributed by atoms with Gasteiger partial charge in [-0.25, -0.2) is 0 Å². The molecule has 3 nitrogen and oxygen atoms in total. The van der Waals surface area contributed by atoms with Crippen LogP contribution in [0.3, 0.4) is 0 Å². The molecule has 1 aromatic rings. The number of hydrogen-bond acceptors (Lipinski definition) is 2. The zero-order chi connectivity index (χ0) is 12.4. The van der Waals surface area contributed by atoms with E-state index in [4.69, 9.17) is 0 Å². The van der Waals surface area contributed by atoms with Crippen LogP contribution in [-0.2, 0) is 11.2 Å². The van der Waals surface area contributed by atoms with Gasteiger partial charge in [-0.3, -0.25) is 4.79 Å². The van der Waals surface area contributed by atoms with Crippen LogP contribution in [0, 0.1) is 0 Å². The number of carbonyl (C=O) groups is 1. The van der Waals surface area contributed by atoms with E-state index in [0.29, 0.717) is 24.4 Å². The maximum Gasteiger partial charge on any atom is 0.224 e. The lowest BCUT2D eigenvalue weighted by molar-refractivity contribution is -0.127. The molecule has 2 saturated heterocycles. The molecule has 0 radical (unpaired) electrons. The van der Waals surface area contributed by atoms with E-state index in [-0.39, 0.29) is 0 Å². The summed E-state index contributed by atoms with van der Waals surface area (Å²) in [5.74, 6) is 0.342. The Hall–Kier alpha value is -1.35. The molecule has 0 spiro atoms. The van der Waals surface area contributed by atoms with Gasteiger partial charge in [-0.1, -0.05) is 30.3 Å². The first-order valence-corrected chi connectivity index (χ1v) is 6.91. The average Bonchev–Trinajstić information content (AvgIpc) is 2.97. The van der Waals surface area contributed by atoms with Gasteiger partial charge >= 0.3 is 0 Å². The van der Waals surface area contributed by atoms with Crippen LogP contribution in [0.2, 0.25) is 0 Å². The molecule has 18 heavy (non-hydrogen) atoms. The van der Waals surface area contributed by atoms with Crippen molar-refractivity contribution in [2.24, 2.45) is 0 Å². The predicted molar refractivity (Wildman–Crippen MR) is 71.3 cm³/mol. The first-order chi connectivity index (χ1) is 8.84. The number of fused-ring (bicyclic) bond motifs is 1. The van der Waals surface area contributed by atoms with Gasteiger partial charge in [0.2, 0.25) is 5.91 Å². The van der Waals surface area contributed by atoms with Crippen LogP contribution in [0.5, 0.6) is 0 Å². The van der Waals surface area contributed by atoms with Crippen molar-refractivity contribution in [3.63, 3.8) is 0 Å². The molecule has 2 atom stereocenters. The summed E-state index contributed by atoms with van der Waals surface area (Å²) < 4.78 is 0.